The van der Waals surface area contributed by atoms with Gasteiger partial charge in [-0.05, 0) is 35.6 Å². The van der Waals surface area contributed by atoms with E-state index in [4.69, 9.17) is 28.3 Å². The van der Waals surface area contributed by atoms with Crippen molar-refractivity contribution >= 4 is 73.0 Å². The summed E-state index contributed by atoms with van der Waals surface area (Å²) in [6.07, 6.45) is 0.514. The second-order valence-electron chi connectivity index (χ2n) is 5.79. The standard InChI is InChI=1S/C18H16Cl2N2O3S2/c1-2-10-7-8-26-18(10)22(14(23)5-6-15(24)25)9-13-21-17-12(27-13)4-3-11(19)16(17)20/h3-4,7-8H,2,5-6,9H2,1H3,(H,24,25). The van der Waals surface area contributed by atoms with Gasteiger partial charge in [-0.1, -0.05) is 30.1 Å². The number of benzene rings is 1. The van der Waals surface area contributed by atoms with Crippen molar-refractivity contribution in [2.45, 2.75) is 32.7 Å². The lowest BCUT2D eigenvalue weighted by Crippen LogP contribution is -2.30. The molecule has 0 bridgehead atoms. The maximum Gasteiger partial charge on any atom is 0.303 e. The first kappa shape index (κ1) is 20.1. The molecule has 3 rings (SSSR count). The number of thiophene rings is 1. The van der Waals surface area contributed by atoms with Crippen LogP contribution in [0.15, 0.2) is 23.6 Å². The van der Waals surface area contributed by atoms with Gasteiger partial charge >= 0.3 is 5.97 Å². The average molecular weight is 443 g/mol. The topological polar surface area (TPSA) is 70.5 Å². The number of aromatic nitrogens is 1. The summed E-state index contributed by atoms with van der Waals surface area (Å²) < 4.78 is 0.888. The number of carbonyl (C=O) groups excluding carboxylic acids is 1. The van der Waals surface area contributed by atoms with Gasteiger partial charge < -0.3 is 5.11 Å². The lowest BCUT2D eigenvalue weighted by atomic mass is 10.2. The van der Waals surface area contributed by atoms with E-state index in [1.165, 1.54) is 22.7 Å². The zero-order valence-corrected chi connectivity index (χ0v) is 17.5. The Kier molecular flexibility index (Phi) is 6.37. The van der Waals surface area contributed by atoms with E-state index in [9.17, 15) is 9.59 Å². The molecule has 0 atom stereocenters. The number of anilines is 1. The van der Waals surface area contributed by atoms with E-state index in [1.54, 1.807) is 11.0 Å². The number of carboxylic acid groups (broad SMARTS) is 1. The van der Waals surface area contributed by atoms with Crippen LogP contribution in [0.2, 0.25) is 10.0 Å². The minimum atomic E-state index is -0.994. The van der Waals surface area contributed by atoms with Crippen LogP contribution in [0.1, 0.15) is 30.3 Å². The van der Waals surface area contributed by atoms with Crippen molar-refractivity contribution in [3.63, 3.8) is 0 Å². The summed E-state index contributed by atoms with van der Waals surface area (Å²) in [6, 6.07) is 5.55. The van der Waals surface area contributed by atoms with E-state index in [-0.39, 0.29) is 25.3 Å². The number of rotatable bonds is 7. The zero-order chi connectivity index (χ0) is 19.6. The van der Waals surface area contributed by atoms with Crippen LogP contribution in [0.25, 0.3) is 10.2 Å². The number of fused-ring (bicyclic) bond motifs is 1. The van der Waals surface area contributed by atoms with Crippen LogP contribution < -0.4 is 4.90 Å². The highest BCUT2D eigenvalue weighted by Gasteiger charge is 2.22. The van der Waals surface area contributed by atoms with Gasteiger partial charge in [0.1, 0.15) is 15.5 Å². The Labute approximate surface area is 174 Å². The monoisotopic (exact) mass is 442 g/mol. The van der Waals surface area contributed by atoms with E-state index in [2.05, 4.69) is 4.98 Å². The maximum atomic E-state index is 12.8. The summed E-state index contributed by atoms with van der Waals surface area (Å²) >= 11 is 15.2. The number of carboxylic acids is 1. The van der Waals surface area contributed by atoms with Gasteiger partial charge in [-0.2, -0.15) is 0 Å². The SMILES string of the molecule is CCc1ccsc1N(Cc1nc2c(Cl)c(Cl)ccc2s1)C(=O)CCC(=O)O. The molecule has 0 aliphatic rings. The Hall–Kier alpha value is -1.67. The molecule has 2 aromatic heterocycles. The highest BCUT2D eigenvalue weighted by atomic mass is 35.5. The highest BCUT2D eigenvalue weighted by molar-refractivity contribution is 7.18. The van der Waals surface area contributed by atoms with E-state index in [0.717, 1.165) is 21.7 Å². The molecule has 27 heavy (non-hydrogen) atoms. The fourth-order valence-corrected chi connectivity index (χ4v) is 5.04. The first-order chi connectivity index (χ1) is 12.9. The third-order valence-electron chi connectivity index (χ3n) is 3.99. The largest absolute Gasteiger partial charge is 0.481 e. The van der Waals surface area contributed by atoms with E-state index >= 15 is 0 Å². The van der Waals surface area contributed by atoms with Gasteiger partial charge in [-0.25, -0.2) is 4.98 Å². The number of thiazole rings is 1. The second-order valence-corrected chi connectivity index (χ2v) is 8.59. The van der Waals surface area contributed by atoms with Crippen LogP contribution in [0.5, 0.6) is 0 Å². The molecule has 3 aromatic rings. The number of halogens is 2. The molecule has 0 aliphatic heterocycles. The number of aliphatic carboxylic acids is 1. The Morgan fingerprint density at radius 3 is 2.70 bits per heavy atom. The van der Waals surface area contributed by atoms with Crippen molar-refractivity contribution in [1.29, 1.82) is 0 Å². The molecule has 2 heterocycles. The van der Waals surface area contributed by atoms with Gasteiger partial charge in [0.15, 0.2) is 0 Å². The molecule has 0 aliphatic carbocycles. The highest BCUT2D eigenvalue weighted by Crippen LogP contribution is 2.35. The Balaban J connectivity index is 1.94. The van der Waals surface area contributed by atoms with E-state index < -0.39 is 5.97 Å². The number of aryl methyl sites for hydroxylation is 1. The molecular formula is C18H16Cl2N2O3S2. The molecule has 142 valence electrons. The predicted octanol–water partition coefficient (Wildman–Crippen LogP) is 5.63. The van der Waals surface area contributed by atoms with Gasteiger partial charge in [0, 0.05) is 6.42 Å². The van der Waals surface area contributed by atoms with Crippen LogP contribution in [0, 0.1) is 0 Å². The van der Waals surface area contributed by atoms with Crippen LogP contribution in [0.3, 0.4) is 0 Å². The predicted molar refractivity (Wildman–Crippen MR) is 111 cm³/mol. The Morgan fingerprint density at radius 2 is 2.00 bits per heavy atom. The number of carbonyl (C=O) groups is 2. The molecule has 0 saturated heterocycles. The van der Waals surface area contributed by atoms with Gasteiger partial charge in [0.05, 0.1) is 27.7 Å². The van der Waals surface area contributed by atoms with Gasteiger partial charge in [-0.3, -0.25) is 14.5 Å². The van der Waals surface area contributed by atoms with Crippen molar-refractivity contribution in [1.82, 2.24) is 4.98 Å². The lowest BCUT2D eigenvalue weighted by Gasteiger charge is -2.21. The zero-order valence-electron chi connectivity index (χ0n) is 14.4. The minimum absolute atomic E-state index is 0.0616. The van der Waals surface area contributed by atoms with Crippen molar-refractivity contribution in [3.8, 4) is 0 Å². The first-order valence-corrected chi connectivity index (χ1v) is 10.7. The molecule has 9 heteroatoms. The molecule has 0 saturated carbocycles. The minimum Gasteiger partial charge on any atom is -0.481 e. The van der Waals surface area contributed by atoms with Crippen LogP contribution in [0.4, 0.5) is 5.00 Å². The molecule has 1 aromatic carbocycles. The quantitative estimate of drug-likeness (QED) is 0.514. The van der Waals surface area contributed by atoms with Crippen LogP contribution in [-0.2, 0) is 22.6 Å². The molecule has 0 fully saturated rings. The first-order valence-electron chi connectivity index (χ1n) is 8.22. The fraction of sp³-hybridized carbons (Fsp3) is 0.278. The summed E-state index contributed by atoms with van der Waals surface area (Å²) in [5, 5.41) is 13.2. The van der Waals surface area contributed by atoms with Crippen molar-refractivity contribution in [3.05, 3.63) is 44.2 Å². The number of amides is 1. The lowest BCUT2D eigenvalue weighted by molar-refractivity contribution is -0.138. The van der Waals surface area contributed by atoms with Crippen LogP contribution >= 0.6 is 45.9 Å². The molecule has 1 N–H and O–H groups in total. The molecule has 0 radical (unpaired) electrons. The Bertz CT molecular complexity index is 1000. The second kappa shape index (κ2) is 8.56. The van der Waals surface area contributed by atoms with Crippen molar-refractivity contribution < 1.29 is 14.7 Å². The fourth-order valence-electron chi connectivity index (χ4n) is 2.64. The third-order valence-corrected chi connectivity index (χ3v) is 6.77. The van der Waals surface area contributed by atoms with Crippen molar-refractivity contribution in [2.75, 3.05) is 4.90 Å². The maximum absolute atomic E-state index is 12.8. The average Bonchev–Trinajstić information content (AvgIpc) is 3.27. The molecular weight excluding hydrogens is 427 g/mol. The molecule has 5 nitrogen and oxygen atoms in total. The van der Waals surface area contributed by atoms with Gasteiger partial charge in [0.2, 0.25) is 5.91 Å². The smallest absolute Gasteiger partial charge is 0.303 e. The van der Waals surface area contributed by atoms with E-state index in [0.29, 0.717) is 20.6 Å². The van der Waals surface area contributed by atoms with E-state index in [1.807, 2.05) is 24.4 Å². The van der Waals surface area contributed by atoms with Crippen LogP contribution in [-0.4, -0.2) is 22.0 Å². The number of hydrogen-bond acceptors (Lipinski definition) is 5. The summed E-state index contributed by atoms with van der Waals surface area (Å²) in [7, 11) is 0. The summed E-state index contributed by atoms with van der Waals surface area (Å²) in [4.78, 5) is 29.8. The van der Waals surface area contributed by atoms with Crippen molar-refractivity contribution in [2.24, 2.45) is 0 Å². The summed E-state index contributed by atoms with van der Waals surface area (Å²) in [5.74, 6) is -1.23. The number of hydrogen-bond donors (Lipinski definition) is 1. The normalized spacial score (nSPS) is 11.1. The molecule has 0 spiro atoms. The summed E-state index contributed by atoms with van der Waals surface area (Å²) in [6.45, 7) is 2.28. The van der Waals surface area contributed by atoms with Gasteiger partial charge in [-0.15, -0.1) is 22.7 Å². The summed E-state index contributed by atoms with van der Waals surface area (Å²) in [5.41, 5.74) is 1.66. The molecule has 0 unspecified atom stereocenters. The number of nitrogens with zero attached hydrogens (tertiary/aromatic N) is 2. The molecule has 1 amide bonds. The third kappa shape index (κ3) is 4.43. The Morgan fingerprint density at radius 1 is 1.22 bits per heavy atom. The van der Waals surface area contributed by atoms with Gasteiger partial charge in [0.25, 0.3) is 0 Å².